The highest BCUT2D eigenvalue weighted by atomic mass is 79.9. The van der Waals surface area contributed by atoms with Crippen LogP contribution in [0.4, 0.5) is 11.8 Å². The predicted octanol–water partition coefficient (Wildman–Crippen LogP) is 0.752. The van der Waals surface area contributed by atoms with Crippen molar-refractivity contribution in [1.29, 1.82) is 0 Å². The molecule has 0 saturated carbocycles. The largest absolute Gasteiger partial charge is 0.383 e. The highest BCUT2D eigenvalue weighted by Crippen LogP contribution is 2.25. The summed E-state index contributed by atoms with van der Waals surface area (Å²) >= 11 is 3.60. The van der Waals surface area contributed by atoms with Gasteiger partial charge in [0.15, 0.2) is 0 Å². The van der Waals surface area contributed by atoms with Crippen molar-refractivity contribution in [3.63, 3.8) is 0 Å². The molecule has 0 amide bonds. The van der Waals surface area contributed by atoms with Crippen LogP contribution in [0.1, 0.15) is 0 Å². The van der Waals surface area contributed by atoms with Crippen molar-refractivity contribution >= 4 is 27.7 Å². The van der Waals surface area contributed by atoms with E-state index in [4.69, 9.17) is 14.5 Å². The first-order chi connectivity index (χ1) is 12.8. The number of morpholine rings is 1. The predicted molar refractivity (Wildman–Crippen MR) is 106 cm³/mol. The molecule has 0 unspecified atom stereocenters. The fraction of sp³-hybridized carbons (Fsp3) is 0.765. The molecule has 26 heavy (non-hydrogen) atoms. The first-order valence-electron chi connectivity index (χ1n) is 9.29. The van der Waals surface area contributed by atoms with E-state index in [0.717, 1.165) is 89.0 Å². The Bertz CT molecular complexity index is 550. The molecule has 2 saturated heterocycles. The fourth-order valence-electron chi connectivity index (χ4n) is 3.22. The Morgan fingerprint density at radius 3 is 2.58 bits per heavy atom. The number of nitrogens with zero attached hydrogens (tertiary/aromatic N) is 5. The van der Waals surface area contributed by atoms with Crippen LogP contribution in [0, 0.1) is 0 Å². The molecule has 2 fully saturated rings. The Morgan fingerprint density at radius 2 is 1.85 bits per heavy atom. The second kappa shape index (κ2) is 10.4. The summed E-state index contributed by atoms with van der Waals surface area (Å²) in [4.78, 5) is 16.3. The van der Waals surface area contributed by atoms with Crippen molar-refractivity contribution < 1.29 is 9.47 Å². The minimum atomic E-state index is 0.693. The van der Waals surface area contributed by atoms with Crippen molar-refractivity contribution in [3.8, 4) is 0 Å². The van der Waals surface area contributed by atoms with Gasteiger partial charge in [-0.15, -0.1) is 0 Å². The number of hydrogen-bond donors (Lipinski definition) is 1. The van der Waals surface area contributed by atoms with Crippen LogP contribution in [-0.2, 0) is 9.47 Å². The zero-order chi connectivity index (χ0) is 18.2. The van der Waals surface area contributed by atoms with E-state index < -0.39 is 0 Å². The van der Waals surface area contributed by atoms with Crippen molar-refractivity contribution in [2.75, 3.05) is 96.0 Å². The van der Waals surface area contributed by atoms with Crippen LogP contribution in [0.2, 0.25) is 0 Å². The van der Waals surface area contributed by atoms with Crippen LogP contribution >= 0.6 is 15.9 Å². The lowest BCUT2D eigenvalue weighted by Gasteiger charge is -2.35. The van der Waals surface area contributed by atoms with E-state index in [1.54, 1.807) is 7.11 Å². The second-order valence-electron chi connectivity index (χ2n) is 6.57. The van der Waals surface area contributed by atoms with Crippen LogP contribution in [0.25, 0.3) is 0 Å². The van der Waals surface area contributed by atoms with Gasteiger partial charge >= 0.3 is 0 Å². The van der Waals surface area contributed by atoms with Crippen molar-refractivity contribution in [3.05, 3.63) is 10.7 Å². The number of ether oxygens (including phenoxy) is 2. The average Bonchev–Trinajstić information content (AvgIpc) is 2.69. The van der Waals surface area contributed by atoms with Gasteiger partial charge in [0, 0.05) is 72.2 Å². The van der Waals surface area contributed by atoms with Gasteiger partial charge in [-0.1, -0.05) is 0 Å². The zero-order valence-electron chi connectivity index (χ0n) is 15.5. The topological polar surface area (TPSA) is 66.0 Å². The number of halogens is 1. The van der Waals surface area contributed by atoms with Gasteiger partial charge in [-0.3, -0.25) is 9.80 Å². The highest BCUT2D eigenvalue weighted by Gasteiger charge is 2.20. The Kier molecular flexibility index (Phi) is 7.87. The molecule has 2 aliphatic rings. The maximum atomic E-state index is 5.38. The number of aromatic nitrogens is 2. The summed E-state index contributed by atoms with van der Waals surface area (Å²) < 4.78 is 11.5. The summed E-state index contributed by atoms with van der Waals surface area (Å²) in [6.45, 7) is 11.2. The average molecular weight is 429 g/mol. The van der Waals surface area contributed by atoms with E-state index >= 15 is 0 Å². The van der Waals surface area contributed by atoms with Crippen LogP contribution in [0.15, 0.2) is 10.7 Å². The molecule has 1 N–H and O–H groups in total. The summed E-state index contributed by atoms with van der Waals surface area (Å²) in [7, 11) is 1.75. The lowest BCUT2D eigenvalue weighted by atomic mass is 10.3. The van der Waals surface area contributed by atoms with Crippen LogP contribution in [0.5, 0.6) is 0 Å². The summed E-state index contributed by atoms with van der Waals surface area (Å²) in [6, 6.07) is 0. The SMILES string of the molecule is COCCN1CCN(c2nc(NCCN3CCOCC3)ncc2Br)CC1. The van der Waals surface area contributed by atoms with Gasteiger partial charge in [-0.05, 0) is 15.9 Å². The molecule has 3 rings (SSSR count). The number of hydrogen-bond acceptors (Lipinski definition) is 8. The van der Waals surface area contributed by atoms with E-state index in [9.17, 15) is 0 Å². The molecule has 8 nitrogen and oxygen atoms in total. The van der Waals surface area contributed by atoms with E-state index in [-0.39, 0.29) is 0 Å². The molecule has 3 heterocycles. The second-order valence-corrected chi connectivity index (χ2v) is 7.42. The normalized spacial score (nSPS) is 19.7. The molecule has 9 heteroatoms. The van der Waals surface area contributed by atoms with Crippen molar-refractivity contribution in [2.45, 2.75) is 0 Å². The smallest absolute Gasteiger partial charge is 0.224 e. The Morgan fingerprint density at radius 1 is 1.12 bits per heavy atom. The maximum Gasteiger partial charge on any atom is 0.224 e. The fourth-order valence-corrected chi connectivity index (χ4v) is 3.66. The van der Waals surface area contributed by atoms with Gasteiger partial charge < -0.3 is 19.7 Å². The summed E-state index contributed by atoms with van der Waals surface area (Å²) in [5, 5.41) is 3.36. The minimum Gasteiger partial charge on any atom is -0.383 e. The van der Waals surface area contributed by atoms with E-state index in [1.807, 2.05) is 6.20 Å². The summed E-state index contributed by atoms with van der Waals surface area (Å²) in [5.74, 6) is 1.67. The van der Waals surface area contributed by atoms with E-state index in [0.29, 0.717) is 5.95 Å². The number of piperazine rings is 1. The van der Waals surface area contributed by atoms with E-state index in [1.165, 1.54) is 0 Å². The van der Waals surface area contributed by atoms with Gasteiger partial charge in [0.05, 0.1) is 24.3 Å². The number of anilines is 2. The van der Waals surface area contributed by atoms with Crippen molar-refractivity contribution in [2.24, 2.45) is 0 Å². The molecule has 1 aromatic heterocycles. The molecule has 146 valence electrons. The standard InChI is InChI=1S/C17H29BrN6O2/c1-25-11-8-23-4-6-24(7-5-23)16-15(18)14-20-17(21-16)19-2-3-22-9-12-26-13-10-22/h14H,2-13H2,1H3,(H,19,20,21). The molecular formula is C17H29BrN6O2. The first-order valence-corrected chi connectivity index (χ1v) is 10.1. The van der Waals surface area contributed by atoms with Gasteiger partial charge in [0.25, 0.3) is 0 Å². The third-order valence-electron chi connectivity index (χ3n) is 4.82. The Labute approximate surface area is 164 Å². The molecule has 0 atom stereocenters. The molecule has 0 spiro atoms. The molecule has 0 bridgehead atoms. The third-order valence-corrected chi connectivity index (χ3v) is 5.38. The maximum absolute atomic E-state index is 5.38. The van der Waals surface area contributed by atoms with Gasteiger partial charge in [0.2, 0.25) is 5.95 Å². The Balaban J connectivity index is 1.49. The van der Waals surface area contributed by atoms with E-state index in [2.05, 4.69) is 40.9 Å². The summed E-state index contributed by atoms with van der Waals surface area (Å²) in [6.07, 6.45) is 1.84. The van der Waals surface area contributed by atoms with Gasteiger partial charge in [0.1, 0.15) is 5.82 Å². The molecule has 0 radical (unpaired) electrons. The molecule has 1 aromatic rings. The third kappa shape index (κ3) is 5.75. The monoisotopic (exact) mass is 428 g/mol. The number of nitrogens with one attached hydrogen (secondary N) is 1. The molecule has 2 aliphatic heterocycles. The zero-order valence-corrected chi connectivity index (χ0v) is 17.1. The highest BCUT2D eigenvalue weighted by molar-refractivity contribution is 9.10. The van der Waals surface area contributed by atoms with Gasteiger partial charge in [-0.25, -0.2) is 4.98 Å². The molecular weight excluding hydrogens is 400 g/mol. The summed E-state index contributed by atoms with van der Waals surface area (Å²) in [5.41, 5.74) is 0. The number of rotatable bonds is 8. The van der Waals surface area contributed by atoms with Crippen LogP contribution in [0.3, 0.4) is 0 Å². The number of methoxy groups -OCH3 is 1. The molecule has 0 aliphatic carbocycles. The van der Waals surface area contributed by atoms with Gasteiger partial charge in [-0.2, -0.15) is 4.98 Å². The lowest BCUT2D eigenvalue weighted by molar-refractivity contribution is 0.0398. The lowest BCUT2D eigenvalue weighted by Crippen LogP contribution is -2.47. The van der Waals surface area contributed by atoms with Crippen molar-refractivity contribution in [1.82, 2.24) is 19.8 Å². The first kappa shape index (κ1) is 19.8. The minimum absolute atomic E-state index is 0.693. The quantitative estimate of drug-likeness (QED) is 0.650. The van der Waals surface area contributed by atoms with Crippen LogP contribution in [-0.4, -0.2) is 106 Å². The molecule has 0 aromatic carbocycles. The Hall–Kier alpha value is -1.00. The van der Waals surface area contributed by atoms with Crippen LogP contribution < -0.4 is 10.2 Å².